The first-order chi connectivity index (χ1) is 17.3. The zero-order valence-electron chi connectivity index (χ0n) is 19.9. The van der Waals surface area contributed by atoms with Gasteiger partial charge in [0.25, 0.3) is 0 Å². The first kappa shape index (κ1) is 26.0. The lowest BCUT2D eigenvalue weighted by Crippen LogP contribution is -2.40. The van der Waals surface area contributed by atoms with Crippen molar-refractivity contribution in [2.75, 3.05) is 13.1 Å². The van der Waals surface area contributed by atoms with Gasteiger partial charge < -0.3 is 14.8 Å². The van der Waals surface area contributed by atoms with E-state index in [2.05, 4.69) is 20.3 Å². The number of nitrogens with zero attached hydrogens (tertiary/aromatic N) is 3. The van der Waals surface area contributed by atoms with Crippen LogP contribution in [-0.4, -0.2) is 60.7 Å². The quantitative estimate of drug-likeness (QED) is 0.282. The van der Waals surface area contributed by atoms with Gasteiger partial charge in [-0.2, -0.15) is 0 Å². The normalized spacial score (nSPS) is 20.6. The minimum atomic E-state index is -0.727. The molecule has 0 aromatic heterocycles. The molecule has 8 nitrogen and oxygen atoms in total. The molecule has 188 valence electrons. The SMILES string of the molecule is CC(=NCCCCN[C@H](C)[C@@H]1N=C(c2ccc(Cl)cc2)OC1=O)C1N=C(c2ccc(Cl)cc2)OC1=O. The molecule has 10 heteroatoms. The molecule has 0 spiro atoms. The Morgan fingerprint density at radius 1 is 0.917 bits per heavy atom. The van der Waals surface area contributed by atoms with Gasteiger partial charge in [-0.3, -0.25) is 4.99 Å². The van der Waals surface area contributed by atoms with Crippen molar-refractivity contribution in [2.24, 2.45) is 15.0 Å². The summed E-state index contributed by atoms with van der Waals surface area (Å²) in [6, 6.07) is 12.4. The Bertz CT molecular complexity index is 1210. The summed E-state index contributed by atoms with van der Waals surface area (Å²) in [5, 5.41) is 4.53. The number of esters is 2. The summed E-state index contributed by atoms with van der Waals surface area (Å²) in [7, 11) is 0. The van der Waals surface area contributed by atoms with Gasteiger partial charge >= 0.3 is 11.9 Å². The average Bonchev–Trinajstić information content (AvgIpc) is 3.44. The third kappa shape index (κ3) is 6.37. The number of ether oxygens (including phenoxy) is 2. The molecule has 4 rings (SSSR count). The molecule has 0 saturated carbocycles. The van der Waals surface area contributed by atoms with Crippen LogP contribution < -0.4 is 5.32 Å². The number of benzene rings is 2. The number of cyclic esters (lactones) is 2. The Balaban J connectivity index is 1.21. The Labute approximate surface area is 219 Å². The van der Waals surface area contributed by atoms with Crippen LogP contribution in [0.2, 0.25) is 10.0 Å². The van der Waals surface area contributed by atoms with Crippen LogP contribution in [0.25, 0.3) is 0 Å². The summed E-state index contributed by atoms with van der Waals surface area (Å²) in [5.41, 5.74) is 2.02. The fraction of sp³-hybridized carbons (Fsp3) is 0.346. The standard InChI is InChI=1S/C26H26Cl2N4O4/c1-15(21-25(33)35-23(31-21)17-5-9-19(27)10-6-17)29-13-3-4-14-30-16(2)22-26(34)36-24(32-22)18-7-11-20(28)12-8-18/h5-12,15,21-22,29H,3-4,13-14H2,1-2H3/t15-,21+,22?/m1/s1. The second-order valence-electron chi connectivity index (χ2n) is 8.54. The highest BCUT2D eigenvalue weighted by Crippen LogP contribution is 2.19. The lowest BCUT2D eigenvalue weighted by molar-refractivity contribution is -0.135. The largest absolute Gasteiger partial charge is 0.406 e. The van der Waals surface area contributed by atoms with Crippen LogP contribution in [0.15, 0.2) is 63.5 Å². The number of hydrogen-bond acceptors (Lipinski definition) is 8. The van der Waals surface area contributed by atoms with E-state index in [-0.39, 0.29) is 17.9 Å². The smallest absolute Gasteiger partial charge is 0.343 e. The third-order valence-electron chi connectivity index (χ3n) is 5.83. The molecule has 2 aromatic carbocycles. The predicted octanol–water partition coefficient (Wildman–Crippen LogP) is 4.26. The average molecular weight is 529 g/mol. The molecule has 36 heavy (non-hydrogen) atoms. The molecule has 0 radical (unpaired) electrons. The zero-order valence-corrected chi connectivity index (χ0v) is 21.4. The van der Waals surface area contributed by atoms with Crippen LogP contribution in [0.4, 0.5) is 0 Å². The van der Waals surface area contributed by atoms with E-state index in [1.165, 1.54) is 0 Å². The summed E-state index contributed by atoms with van der Waals surface area (Å²) in [4.78, 5) is 37.9. The number of carbonyl (C=O) groups excluding carboxylic acids is 2. The van der Waals surface area contributed by atoms with E-state index in [4.69, 9.17) is 32.7 Å². The van der Waals surface area contributed by atoms with Crippen LogP contribution in [0.3, 0.4) is 0 Å². The van der Waals surface area contributed by atoms with E-state index in [0.29, 0.717) is 45.9 Å². The highest BCUT2D eigenvalue weighted by Gasteiger charge is 2.34. The Kier molecular flexibility index (Phi) is 8.51. The van der Waals surface area contributed by atoms with Gasteiger partial charge in [0.15, 0.2) is 12.1 Å². The zero-order chi connectivity index (χ0) is 25.7. The monoisotopic (exact) mass is 528 g/mol. The van der Waals surface area contributed by atoms with Gasteiger partial charge in [-0.1, -0.05) is 23.2 Å². The first-order valence-corrected chi connectivity index (χ1v) is 12.4. The van der Waals surface area contributed by atoms with Gasteiger partial charge in [0.2, 0.25) is 11.8 Å². The summed E-state index contributed by atoms with van der Waals surface area (Å²) in [5.74, 6) is -0.213. The predicted molar refractivity (Wildman–Crippen MR) is 140 cm³/mol. The number of hydrogen-bond donors (Lipinski definition) is 1. The molecule has 0 saturated heterocycles. The molecule has 0 amide bonds. The van der Waals surface area contributed by atoms with Crippen LogP contribution in [0.5, 0.6) is 0 Å². The summed E-state index contributed by atoms with van der Waals surface area (Å²) in [6.45, 7) is 4.94. The summed E-state index contributed by atoms with van der Waals surface area (Å²) >= 11 is 11.8. The van der Waals surface area contributed by atoms with Crippen molar-refractivity contribution < 1.29 is 19.1 Å². The van der Waals surface area contributed by atoms with Gasteiger partial charge in [-0.25, -0.2) is 19.6 Å². The Hall–Kier alpha value is -3.07. The van der Waals surface area contributed by atoms with E-state index in [9.17, 15) is 9.59 Å². The lowest BCUT2D eigenvalue weighted by Gasteiger charge is -2.15. The maximum absolute atomic E-state index is 12.3. The maximum Gasteiger partial charge on any atom is 0.343 e. The Morgan fingerprint density at radius 2 is 1.47 bits per heavy atom. The number of aliphatic imine (C=N–C) groups is 3. The third-order valence-corrected chi connectivity index (χ3v) is 6.33. The fourth-order valence-corrected chi connectivity index (χ4v) is 4.01. The number of unbranched alkanes of at least 4 members (excludes halogenated alkanes) is 1. The molecule has 2 aromatic rings. The fourth-order valence-electron chi connectivity index (χ4n) is 3.76. The van der Waals surface area contributed by atoms with E-state index < -0.39 is 18.1 Å². The first-order valence-electron chi connectivity index (χ1n) is 11.7. The van der Waals surface area contributed by atoms with Crippen molar-refractivity contribution in [3.8, 4) is 0 Å². The summed E-state index contributed by atoms with van der Waals surface area (Å²) in [6.07, 6.45) is 1.64. The van der Waals surface area contributed by atoms with Gasteiger partial charge in [0.05, 0.1) is 0 Å². The molecule has 1 unspecified atom stereocenters. The van der Waals surface area contributed by atoms with Gasteiger partial charge in [-0.05, 0) is 81.8 Å². The van der Waals surface area contributed by atoms with Crippen LogP contribution in [0, 0.1) is 0 Å². The summed E-state index contributed by atoms with van der Waals surface area (Å²) < 4.78 is 10.7. The number of halogens is 2. The number of nitrogens with one attached hydrogen (secondary N) is 1. The van der Waals surface area contributed by atoms with Gasteiger partial charge in [0.1, 0.15) is 0 Å². The minimum Gasteiger partial charge on any atom is -0.406 e. The second-order valence-corrected chi connectivity index (χ2v) is 9.42. The van der Waals surface area contributed by atoms with E-state index in [1.807, 2.05) is 6.92 Å². The second kappa shape index (κ2) is 11.8. The molecular formula is C26H26Cl2N4O4. The van der Waals surface area contributed by atoms with Crippen LogP contribution >= 0.6 is 23.2 Å². The number of rotatable bonds is 10. The molecule has 2 aliphatic heterocycles. The van der Waals surface area contributed by atoms with E-state index in [0.717, 1.165) is 12.8 Å². The molecule has 1 N–H and O–H groups in total. The molecule has 0 bridgehead atoms. The number of carbonyl (C=O) groups is 2. The molecule has 2 aliphatic rings. The van der Waals surface area contributed by atoms with Crippen molar-refractivity contribution in [3.05, 3.63) is 69.7 Å². The molecule has 3 atom stereocenters. The van der Waals surface area contributed by atoms with Gasteiger partial charge in [-0.15, -0.1) is 0 Å². The van der Waals surface area contributed by atoms with Crippen molar-refractivity contribution >= 4 is 52.6 Å². The molecule has 0 fully saturated rings. The van der Waals surface area contributed by atoms with E-state index in [1.54, 1.807) is 55.5 Å². The van der Waals surface area contributed by atoms with Crippen molar-refractivity contribution in [3.63, 3.8) is 0 Å². The lowest BCUT2D eigenvalue weighted by atomic mass is 10.1. The molecular weight excluding hydrogens is 503 g/mol. The topological polar surface area (TPSA) is 102 Å². The van der Waals surface area contributed by atoms with Crippen LogP contribution in [-0.2, 0) is 19.1 Å². The van der Waals surface area contributed by atoms with Crippen LogP contribution in [0.1, 0.15) is 37.8 Å². The maximum atomic E-state index is 12.3. The van der Waals surface area contributed by atoms with Crippen molar-refractivity contribution in [1.82, 2.24) is 5.32 Å². The molecule has 0 aliphatic carbocycles. The van der Waals surface area contributed by atoms with Crippen molar-refractivity contribution in [2.45, 2.75) is 44.8 Å². The highest BCUT2D eigenvalue weighted by atomic mass is 35.5. The minimum absolute atomic E-state index is 0.179. The Morgan fingerprint density at radius 3 is 2.08 bits per heavy atom. The van der Waals surface area contributed by atoms with Gasteiger partial charge in [0, 0.05) is 39.5 Å². The highest BCUT2D eigenvalue weighted by molar-refractivity contribution is 6.31. The van der Waals surface area contributed by atoms with Crippen molar-refractivity contribution in [1.29, 1.82) is 0 Å². The van der Waals surface area contributed by atoms with E-state index >= 15 is 0 Å². The molecule has 2 heterocycles.